The molecule has 0 fully saturated rings. The van der Waals surface area contributed by atoms with Gasteiger partial charge in [0, 0.05) is 23.3 Å². The molecule has 1 aromatic heterocycles. The van der Waals surface area contributed by atoms with Gasteiger partial charge in [-0.3, -0.25) is 9.78 Å². The van der Waals surface area contributed by atoms with Crippen LogP contribution in [0.5, 0.6) is 0 Å². The zero-order valence-electron chi connectivity index (χ0n) is 17.1. The molecule has 0 radical (unpaired) electrons. The van der Waals surface area contributed by atoms with Crippen molar-refractivity contribution in [2.75, 3.05) is 5.75 Å². The molecule has 0 saturated carbocycles. The summed E-state index contributed by atoms with van der Waals surface area (Å²) in [7, 11) is 0. The first-order valence-electron chi connectivity index (χ1n) is 10.5. The Labute approximate surface area is 186 Å². The van der Waals surface area contributed by atoms with Crippen LogP contribution in [0, 0.1) is 0 Å². The molecule has 154 valence electrons. The van der Waals surface area contributed by atoms with Crippen molar-refractivity contribution < 1.29 is 9.90 Å². The molecule has 4 aromatic rings. The summed E-state index contributed by atoms with van der Waals surface area (Å²) in [4.78, 5) is 15.9. The van der Waals surface area contributed by atoms with Crippen LogP contribution in [0.4, 0.5) is 0 Å². The topological polar surface area (TPSA) is 50.2 Å². The third kappa shape index (κ3) is 4.21. The number of para-hydroxylation sites is 1. The van der Waals surface area contributed by atoms with E-state index in [0.29, 0.717) is 5.75 Å². The second kappa shape index (κ2) is 8.56. The number of carboxylic acids is 1. The predicted octanol–water partition coefficient (Wildman–Crippen LogP) is 6.03. The number of thioether (sulfide) groups is 1. The second-order valence-electron chi connectivity index (χ2n) is 7.98. The van der Waals surface area contributed by atoms with Gasteiger partial charge in [0.1, 0.15) is 0 Å². The zero-order valence-corrected chi connectivity index (χ0v) is 17.9. The Morgan fingerprint density at radius 1 is 0.935 bits per heavy atom. The Morgan fingerprint density at radius 3 is 2.65 bits per heavy atom. The molecular formula is C27H23NO2S. The first-order chi connectivity index (χ1) is 15.2. The van der Waals surface area contributed by atoms with Gasteiger partial charge in [-0.25, -0.2) is 0 Å². The quantitative estimate of drug-likeness (QED) is 0.410. The van der Waals surface area contributed by atoms with Crippen LogP contribution in [0.3, 0.4) is 0 Å². The van der Waals surface area contributed by atoms with Crippen LogP contribution in [0.25, 0.3) is 10.9 Å². The van der Waals surface area contributed by atoms with Crippen molar-refractivity contribution in [3.63, 3.8) is 0 Å². The highest BCUT2D eigenvalue weighted by atomic mass is 32.2. The number of benzene rings is 3. The van der Waals surface area contributed by atoms with Crippen molar-refractivity contribution in [3.8, 4) is 0 Å². The molecule has 0 aliphatic heterocycles. The fraction of sp³-hybridized carbons (Fsp3) is 0.185. The Morgan fingerprint density at radius 2 is 1.74 bits per heavy atom. The average molecular weight is 426 g/mol. The standard InChI is InChI=1S/C27H23NO2S/c29-26(30)13-14-31-27-23-7-3-1-6-20(23)17-21-10-9-18(16-24(21)27)15-22-12-11-19-5-2-4-8-25(19)28-22/h1-12,16,27H,13-15,17H2,(H,29,30)/t27-/m1/s1. The zero-order chi connectivity index (χ0) is 21.2. The van der Waals surface area contributed by atoms with Crippen LogP contribution < -0.4 is 0 Å². The number of aliphatic carboxylic acids is 1. The number of carbonyl (C=O) groups is 1. The Kier molecular flexibility index (Phi) is 5.47. The van der Waals surface area contributed by atoms with Gasteiger partial charge >= 0.3 is 5.97 Å². The van der Waals surface area contributed by atoms with E-state index in [0.717, 1.165) is 29.4 Å². The molecular weight excluding hydrogens is 402 g/mol. The van der Waals surface area contributed by atoms with E-state index in [2.05, 4.69) is 66.7 Å². The minimum Gasteiger partial charge on any atom is -0.481 e. The minimum absolute atomic E-state index is 0.170. The molecule has 5 rings (SSSR count). The molecule has 1 aliphatic carbocycles. The lowest BCUT2D eigenvalue weighted by molar-refractivity contribution is -0.136. The third-order valence-corrected chi connectivity index (χ3v) is 7.13. The van der Waals surface area contributed by atoms with E-state index in [-0.39, 0.29) is 11.7 Å². The highest BCUT2D eigenvalue weighted by molar-refractivity contribution is 7.99. The first-order valence-corrected chi connectivity index (χ1v) is 11.6. The van der Waals surface area contributed by atoms with E-state index in [1.807, 2.05) is 12.1 Å². The lowest BCUT2D eigenvalue weighted by Gasteiger charge is -2.28. The highest BCUT2D eigenvalue weighted by Gasteiger charge is 2.26. The summed E-state index contributed by atoms with van der Waals surface area (Å²) in [5.74, 6) is -0.141. The number of fused-ring (bicyclic) bond motifs is 3. The van der Waals surface area contributed by atoms with E-state index >= 15 is 0 Å². The first kappa shape index (κ1) is 19.8. The van der Waals surface area contributed by atoms with E-state index in [1.54, 1.807) is 11.8 Å². The summed E-state index contributed by atoms with van der Waals surface area (Å²) in [5, 5.41) is 10.4. The van der Waals surface area contributed by atoms with Crippen LogP contribution >= 0.6 is 11.8 Å². The Bertz CT molecular complexity index is 1270. The number of nitrogens with zero attached hydrogens (tertiary/aromatic N) is 1. The normalized spacial score (nSPS) is 14.8. The molecule has 0 saturated heterocycles. The van der Waals surface area contributed by atoms with Gasteiger partial charge in [0.2, 0.25) is 0 Å². The molecule has 0 unspecified atom stereocenters. The lowest BCUT2D eigenvalue weighted by Crippen LogP contribution is -2.13. The van der Waals surface area contributed by atoms with Gasteiger partial charge in [0.05, 0.1) is 17.2 Å². The van der Waals surface area contributed by atoms with Gasteiger partial charge < -0.3 is 5.11 Å². The van der Waals surface area contributed by atoms with Crippen molar-refractivity contribution in [2.24, 2.45) is 0 Å². The maximum absolute atomic E-state index is 11.1. The molecule has 1 aliphatic rings. The van der Waals surface area contributed by atoms with E-state index in [1.165, 1.54) is 27.8 Å². The molecule has 1 atom stereocenters. The number of pyridine rings is 1. The molecule has 1 N–H and O–H groups in total. The summed E-state index contributed by atoms with van der Waals surface area (Å²) in [6.45, 7) is 0. The van der Waals surface area contributed by atoms with Crippen molar-refractivity contribution in [2.45, 2.75) is 24.5 Å². The number of rotatable bonds is 6. The van der Waals surface area contributed by atoms with Crippen molar-refractivity contribution in [1.29, 1.82) is 0 Å². The van der Waals surface area contributed by atoms with Crippen molar-refractivity contribution >= 4 is 28.6 Å². The number of aromatic nitrogens is 1. The smallest absolute Gasteiger partial charge is 0.304 e. The largest absolute Gasteiger partial charge is 0.481 e. The van der Waals surface area contributed by atoms with Gasteiger partial charge in [-0.1, -0.05) is 66.7 Å². The summed E-state index contributed by atoms with van der Waals surface area (Å²) >= 11 is 1.73. The summed E-state index contributed by atoms with van der Waals surface area (Å²) < 4.78 is 0. The van der Waals surface area contributed by atoms with E-state index in [9.17, 15) is 4.79 Å². The summed E-state index contributed by atoms with van der Waals surface area (Å²) in [6.07, 6.45) is 1.89. The van der Waals surface area contributed by atoms with Crippen LogP contribution in [-0.4, -0.2) is 21.8 Å². The molecule has 0 amide bonds. The summed E-state index contributed by atoms with van der Waals surface area (Å²) in [5.41, 5.74) is 8.62. The molecule has 4 heteroatoms. The number of carboxylic acid groups (broad SMARTS) is 1. The fourth-order valence-electron chi connectivity index (χ4n) is 4.34. The second-order valence-corrected chi connectivity index (χ2v) is 9.19. The molecule has 31 heavy (non-hydrogen) atoms. The van der Waals surface area contributed by atoms with Gasteiger partial charge in [-0.15, -0.1) is 11.8 Å². The number of hydrogen-bond acceptors (Lipinski definition) is 3. The Balaban J connectivity index is 1.46. The average Bonchev–Trinajstić information content (AvgIpc) is 2.78. The van der Waals surface area contributed by atoms with Crippen molar-refractivity contribution in [3.05, 3.63) is 112 Å². The third-order valence-electron chi connectivity index (χ3n) is 5.85. The molecule has 1 heterocycles. The SMILES string of the molecule is O=C(O)CCS[C@@H]1c2ccccc2Cc2ccc(Cc3ccc4ccccc4n3)cc21. The van der Waals surface area contributed by atoms with Gasteiger partial charge in [-0.05, 0) is 46.4 Å². The molecule has 3 nitrogen and oxygen atoms in total. The fourth-order valence-corrected chi connectivity index (χ4v) is 5.68. The van der Waals surface area contributed by atoms with Gasteiger partial charge in [-0.2, -0.15) is 0 Å². The maximum Gasteiger partial charge on any atom is 0.304 e. The molecule has 0 bridgehead atoms. The predicted molar refractivity (Wildman–Crippen MR) is 127 cm³/mol. The molecule has 0 spiro atoms. The van der Waals surface area contributed by atoms with Crippen LogP contribution in [0.15, 0.2) is 78.9 Å². The van der Waals surface area contributed by atoms with Gasteiger partial charge in [0.15, 0.2) is 0 Å². The van der Waals surface area contributed by atoms with E-state index in [4.69, 9.17) is 10.1 Å². The summed E-state index contributed by atoms with van der Waals surface area (Å²) in [6, 6.07) is 27.7. The van der Waals surface area contributed by atoms with Crippen LogP contribution in [0.1, 0.15) is 45.2 Å². The monoisotopic (exact) mass is 425 g/mol. The van der Waals surface area contributed by atoms with Crippen LogP contribution in [0.2, 0.25) is 0 Å². The van der Waals surface area contributed by atoms with Crippen molar-refractivity contribution in [1.82, 2.24) is 4.98 Å². The molecule has 3 aromatic carbocycles. The van der Waals surface area contributed by atoms with E-state index < -0.39 is 5.97 Å². The van der Waals surface area contributed by atoms with Gasteiger partial charge in [0.25, 0.3) is 0 Å². The number of hydrogen-bond donors (Lipinski definition) is 1. The van der Waals surface area contributed by atoms with Crippen LogP contribution in [-0.2, 0) is 17.6 Å². The maximum atomic E-state index is 11.1. The highest BCUT2D eigenvalue weighted by Crippen LogP contribution is 2.44. The minimum atomic E-state index is -0.743. The lowest BCUT2D eigenvalue weighted by atomic mass is 9.84. The Hall–Kier alpha value is -3.11.